The first-order valence-electron chi connectivity index (χ1n) is 5.24. The van der Waals surface area contributed by atoms with E-state index in [2.05, 4.69) is 11.9 Å². The average molecular weight is 243 g/mol. The number of carboxylic acids is 1. The molecule has 1 N–H and O–H groups in total. The summed E-state index contributed by atoms with van der Waals surface area (Å²) in [5, 5.41) is 9.35. The zero-order chi connectivity index (χ0) is 12.1. The molecule has 16 heavy (non-hydrogen) atoms. The van der Waals surface area contributed by atoms with Crippen molar-refractivity contribution < 1.29 is 9.90 Å². The van der Waals surface area contributed by atoms with Gasteiger partial charge >= 0.3 is 5.97 Å². The fraction of sp³-hybridized carbons (Fsp3) is 0.455. The molecule has 0 unspecified atom stereocenters. The number of hydrogen-bond acceptors (Lipinski definition) is 3. The molecule has 1 aromatic heterocycles. The van der Waals surface area contributed by atoms with Gasteiger partial charge in [-0.15, -0.1) is 0 Å². The molecule has 0 atom stereocenters. The van der Waals surface area contributed by atoms with E-state index in [1.54, 1.807) is 6.07 Å². The number of nitrogens with zero attached hydrogens (tertiary/aromatic N) is 2. The highest BCUT2D eigenvalue weighted by molar-refractivity contribution is 6.33. The van der Waals surface area contributed by atoms with Gasteiger partial charge in [0, 0.05) is 13.1 Å². The fourth-order valence-electron chi connectivity index (χ4n) is 1.46. The SMILES string of the molecule is CCCN(CC)c1nc(C(=O)O)ccc1Cl. The number of aromatic carboxylic acids is 1. The maximum Gasteiger partial charge on any atom is 0.354 e. The Hall–Kier alpha value is -1.29. The highest BCUT2D eigenvalue weighted by atomic mass is 35.5. The number of anilines is 1. The second-order valence-corrected chi connectivity index (χ2v) is 3.79. The van der Waals surface area contributed by atoms with E-state index < -0.39 is 5.97 Å². The van der Waals surface area contributed by atoms with Crippen LogP contribution in [0.3, 0.4) is 0 Å². The van der Waals surface area contributed by atoms with Crippen LogP contribution in [0.5, 0.6) is 0 Å². The van der Waals surface area contributed by atoms with Crippen LogP contribution in [0.25, 0.3) is 0 Å². The van der Waals surface area contributed by atoms with Gasteiger partial charge in [0.15, 0.2) is 5.69 Å². The molecule has 0 radical (unpaired) electrons. The van der Waals surface area contributed by atoms with Gasteiger partial charge in [-0.2, -0.15) is 0 Å². The van der Waals surface area contributed by atoms with Gasteiger partial charge in [0.05, 0.1) is 5.02 Å². The number of rotatable bonds is 5. The summed E-state index contributed by atoms with van der Waals surface area (Å²) in [6.45, 7) is 5.61. The van der Waals surface area contributed by atoms with E-state index in [9.17, 15) is 4.79 Å². The lowest BCUT2D eigenvalue weighted by Crippen LogP contribution is -2.25. The van der Waals surface area contributed by atoms with E-state index in [1.807, 2.05) is 11.8 Å². The molecule has 1 aromatic rings. The van der Waals surface area contributed by atoms with Crippen molar-refractivity contribution in [1.29, 1.82) is 0 Å². The van der Waals surface area contributed by atoms with Crippen LogP contribution in [0.1, 0.15) is 30.8 Å². The Morgan fingerprint density at radius 1 is 1.50 bits per heavy atom. The first-order chi connectivity index (χ1) is 7.60. The van der Waals surface area contributed by atoms with Gasteiger partial charge in [-0.25, -0.2) is 9.78 Å². The molecule has 4 nitrogen and oxygen atoms in total. The van der Waals surface area contributed by atoms with Crippen molar-refractivity contribution in [2.45, 2.75) is 20.3 Å². The minimum Gasteiger partial charge on any atom is -0.477 e. The van der Waals surface area contributed by atoms with Crippen LogP contribution in [0.15, 0.2) is 12.1 Å². The molecule has 5 heteroatoms. The van der Waals surface area contributed by atoms with Crippen molar-refractivity contribution in [3.63, 3.8) is 0 Å². The number of aromatic nitrogens is 1. The largest absolute Gasteiger partial charge is 0.477 e. The van der Waals surface area contributed by atoms with Gasteiger partial charge in [0.25, 0.3) is 0 Å². The van der Waals surface area contributed by atoms with Crippen LogP contribution in [-0.2, 0) is 0 Å². The van der Waals surface area contributed by atoms with Gasteiger partial charge in [-0.1, -0.05) is 18.5 Å². The van der Waals surface area contributed by atoms with Crippen LogP contribution in [-0.4, -0.2) is 29.1 Å². The molecule has 0 aliphatic rings. The number of carboxylic acid groups (broad SMARTS) is 1. The first-order valence-corrected chi connectivity index (χ1v) is 5.62. The van der Waals surface area contributed by atoms with Crippen molar-refractivity contribution in [1.82, 2.24) is 4.98 Å². The van der Waals surface area contributed by atoms with Crippen molar-refractivity contribution in [2.24, 2.45) is 0 Å². The Morgan fingerprint density at radius 3 is 2.69 bits per heavy atom. The Kier molecular flexibility index (Phi) is 4.55. The minimum absolute atomic E-state index is 0.0222. The Balaban J connectivity index is 3.09. The average Bonchev–Trinajstić information content (AvgIpc) is 2.26. The lowest BCUT2D eigenvalue weighted by Gasteiger charge is -2.22. The normalized spacial score (nSPS) is 10.2. The molecule has 0 spiro atoms. The third-order valence-corrected chi connectivity index (χ3v) is 2.52. The summed E-state index contributed by atoms with van der Waals surface area (Å²) >= 11 is 6.01. The fourth-order valence-corrected chi connectivity index (χ4v) is 1.68. The van der Waals surface area contributed by atoms with Crippen molar-refractivity contribution >= 4 is 23.4 Å². The molecule has 0 bridgehead atoms. The summed E-state index contributed by atoms with van der Waals surface area (Å²) in [6, 6.07) is 2.99. The second-order valence-electron chi connectivity index (χ2n) is 3.39. The first kappa shape index (κ1) is 12.8. The molecule has 0 aliphatic heterocycles. The summed E-state index contributed by atoms with van der Waals surface area (Å²) in [4.78, 5) is 16.8. The van der Waals surface area contributed by atoms with Gasteiger partial charge in [0.2, 0.25) is 0 Å². The van der Waals surface area contributed by atoms with Crippen LogP contribution >= 0.6 is 11.6 Å². The number of carbonyl (C=O) groups is 1. The van der Waals surface area contributed by atoms with Crippen molar-refractivity contribution in [2.75, 3.05) is 18.0 Å². The summed E-state index contributed by atoms with van der Waals surface area (Å²) in [5.41, 5.74) is 0.0222. The summed E-state index contributed by atoms with van der Waals surface area (Å²) in [5.74, 6) is -0.489. The molecule has 0 fully saturated rings. The van der Waals surface area contributed by atoms with Crippen molar-refractivity contribution in [3.8, 4) is 0 Å². The summed E-state index contributed by atoms with van der Waals surface area (Å²) < 4.78 is 0. The molecular formula is C11H15ClN2O2. The quantitative estimate of drug-likeness (QED) is 0.863. The van der Waals surface area contributed by atoms with Crippen LogP contribution in [0.2, 0.25) is 5.02 Å². The second kappa shape index (κ2) is 5.70. The van der Waals surface area contributed by atoms with E-state index in [1.165, 1.54) is 6.07 Å². The third-order valence-electron chi connectivity index (χ3n) is 2.22. The maximum absolute atomic E-state index is 10.8. The lowest BCUT2D eigenvalue weighted by atomic mass is 10.3. The molecule has 0 amide bonds. The van der Waals surface area contributed by atoms with Crippen LogP contribution in [0, 0.1) is 0 Å². The van der Waals surface area contributed by atoms with Crippen LogP contribution in [0.4, 0.5) is 5.82 Å². The van der Waals surface area contributed by atoms with E-state index in [0.717, 1.165) is 19.5 Å². The van der Waals surface area contributed by atoms with E-state index in [0.29, 0.717) is 10.8 Å². The number of pyridine rings is 1. The Morgan fingerprint density at radius 2 is 2.19 bits per heavy atom. The molecule has 0 saturated heterocycles. The van der Waals surface area contributed by atoms with E-state index in [4.69, 9.17) is 16.7 Å². The standard InChI is InChI=1S/C11H15ClN2O2/c1-3-7-14(4-2)10-8(12)5-6-9(13-10)11(15)16/h5-6H,3-4,7H2,1-2H3,(H,15,16). The maximum atomic E-state index is 10.8. The number of hydrogen-bond donors (Lipinski definition) is 1. The molecule has 0 saturated carbocycles. The predicted molar refractivity (Wildman–Crippen MR) is 64.4 cm³/mol. The van der Waals surface area contributed by atoms with Gasteiger partial charge in [-0.3, -0.25) is 0 Å². The summed E-state index contributed by atoms with van der Waals surface area (Å²) in [7, 11) is 0. The molecule has 0 aliphatic carbocycles. The zero-order valence-corrected chi connectivity index (χ0v) is 10.2. The molecule has 1 heterocycles. The third kappa shape index (κ3) is 2.85. The highest BCUT2D eigenvalue weighted by Crippen LogP contribution is 2.23. The monoisotopic (exact) mass is 242 g/mol. The molecular weight excluding hydrogens is 228 g/mol. The highest BCUT2D eigenvalue weighted by Gasteiger charge is 2.13. The smallest absolute Gasteiger partial charge is 0.354 e. The van der Waals surface area contributed by atoms with Crippen LogP contribution < -0.4 is 4.90 Å². The van der Waals surface area contributed by atoms with E-state index >= 15 is 0 Å². The molecule has 88 valence electrons. The van der Waals surface area contributed by atoms with Crippen molar-refractivity contribution in [3.05, 3.63) is 22.8 Å². The topological polar surface area (TPSA) is 53.4 Å². The minimum atomic E-state index is -1.04. The van der Waals surface area contributed by atoms with Gasteiger partial charge < -0.3 is 10.0 Å². The lowest BCUT2D eigenvalue weighted by molar-refractivity contribution is 0.0690. The summed E-state index contributed by atoms with van der Waals surface area (Å²) in [6.07, 6.45) is 0.961. The Labute approximate surface area is 99.9 Å². The zero-order valence-electron chi connectivity index (χ0n) is 9.40. The van der Waals surface area contributed by atoms with Gasteiger partial charge in [-0.05, 0) is 25.5 Å². The van der Waals surface area contributed by atoms with Gasteiger partial charge in [0.1, 0.15) is 5.82 Å². The van der Waals surface area contributed by atoms with E-state index in [-0.39, 0.29) is 5.69 Å². The molecule has 1 rings (SSSR count). The molecule has 0 aromatic carbocycles. The number of halogens is 1. The Bertz CT molecular complexity index is 382. The predicted octanol–water partition coefficient (Wildman–Crippen LogP) is 2.67.